The van der Waals surface area contributed by atoms with E-state index in [1.807, 2.05) is 6.92 Å². The summed E-state index contributed by atoms with van der Waals surface area (Å²) in [4.78, 5) is 11.9. The van der Waals surface area contributed by atoms with Crippen molar-refractivity contribution in [2.24, 2.45) is 0 Å². The van der Waals surface area contributed by atoms with Crippen LogP contribution in [0, 0.1) is 0 Å². The first-order valence-corrected chi connectivity index (χ1v) is 6.47. The van der Waals surface area contributed by atoms with Gasteiger partial charge in [-0.1, -0.05) is 0 Å². The minimum atomic E-state index is -1.72. The molecule has 1 saturated heterocycles. The molecule has 1 fully saturated rings. The summed E-state index contributed by atoms with van der Waals surface area (Å²) in [6.45, 7) is 1.15. The van der Waals surface area contributed by atoms with Crippen LogP contribution in [0.25, 0.3) is 0 Å². The van der Waals surface area contributed by atoms with Crippen LogP contribution in [0.5, 0.6) is 0 Å². The van der Waals surface area contributed by atoms with Gasteiger partial charge in [-0.3, -0.25) is 10.0 Å². The number of carbonyl (C=O) groups excluding carboxylic acids is 1. The van der Waals surface area contributed by atoms with Crippen LogP contribution in [0.4, 0.5) is 10.1 Å². The fourth-order valence-corrected chi connectivity index (χ4v) is 2.13. The molecule has 1 amide bonds. The van der Waals surface area contributed by atoms with Crippen molar-refractivity contribution in [2.45, 2.75) is 38.1 Å². The Morgan fingerprint density at radius 1 is 1.65 bits per heavy atom. The van der Waals surface area contributed by atoms with Gasteiger partial charge in [0.05, 0.1) is 18.4 Å². The van der Waals surface area contributed by atoms with Gasteiger partial charge in [0.25, 0.3) is 11.6 Å². The summed E-state index contributed by atoms with van der Waals surface area (Å²) in [7, 11) is 0. The van der Waals surface area contributed by atoms with E-state index in [1.165, 1.54) is 18.3 Å². The zero-order chi connectivity index (χ0) is 14.7. The minimum Gasteiger partial charge on any atom is -0.393 e. The summed E-state index contributed by atoms with van der Waals surface area (Å²) in [6.07, 6.45) is 0.501. The van der Waals surface area contributed by atoms with Gasteiger partial charge >= 0.3 is 0 Å². The maximum atomic E-state index is 13.4. The zero-order valence-electron chi connectivity index (χ0n) is 11.1. The number of carbonyl (C=O) groups is 1. The van der Waals surface area contributed by atoms with Crippen LogP contribution in [0.2, 0.25) is 0 Å². The van der Waals surface area contributed by atoms with E-state index < -0.39 is 18.9 Å². The molecule has 0 saturated carbocycles. The lowest BCUT2D eigenvalue weighted by Crippen LogP contribution is -2.37. The molecule has 1 aromatic heterocycles. The molecule has 20 heavy (non-hydrogen) atoms. The minimum absolute atomic E-state index is 0.0568. The van der Waals surface area contributed by atoms with Crippen LogP contribution >= 0.6 is 0 Å². The van der Waals surface area contributed by atoms with Crippen LogP contribution in [0.1, 0.15) is 31.6 Å². The van der Waals surface area contributed by atoms with E-state index in [2.05, 4.69) is 5.32 Å². The number of halogens is 1. The Morgan fingerprint density at radius 2 is 2.40 bits per heavy atom. The lowest BCUT2D eigenvalue weighted by Gasteiger charge is -2.11. The van der Waals surface area contributed by atoms with Gasteiger partial charge in [0.15, 0.2) is 0 Å². The molecule has 3 atom stereocenters. The number of anilines is 1. The molecule has 0 spiro atoms. The number of pyridine rings is 1. The molecule has 1 aliphatic rings. The number of rotatable bonds is 4. The first kappa shape index (κ1) is 14.7. The van der Waals surface area contributed by atoms with Gasteiger partial charge in [-0.15, -0.1) is 0 Å². The third-order valence-electron chi connectivity index (χ3n) is 3.24. The fourth-order valence-electron chi connectivity index (χ4n) is 2.13. The number of alkyl halides is 1. The van der Waals surface area contributed by atoms with Crippen LogP contribution in [0.15, 0.2) is 18.3 Å². The molecule has 0 aliphatic carbocycles. The van der Waals surface area contributed by atoms with E-state index in [0.717, 1.165) is 6.42 Å². The van der Waals surface area contributed by atoms with E-state index in [4.69, 9.17) is 9.84 Å². The summed E-state index contributed by atoms with van der Waals surface area (Å²) in [5.74, 6) is -0.296. The van der Waals surface area contributed by atoms with Gasteiger partial charge in [0.1, 0.15) is 6.10 Å². The van der Waals surface area contributed by atoms with Crippen LogP contribution < -0.4 is 10.0 Å². The Labute approximate surface area is 115 Å². The second-order valence-corrected chi connectivity index (χ2v) is 4.84. The van der Waals surface area contributed by atoms with Gasteiger partial charge in [0, 0.05) is 16.9 Å². The van der Waals surface area contributed by atoms with Crippen LogP contribution in [-0.4, -0.2) is 35.0 Å². The highest BCUT2D eigenvalue weighted by atomic mass is 19.1. The van der Waals surface area contributed by atoms with E-state index in [0.29, 0.717) is 16.8 Å². The number of nitrogens with one attached hydrogen (secondary N) is 1. The van der Waals surface area contributed by atoms with E-state index in [9.17, 15) is 14.4 Å². The monoisotopic (exact) mass is 285 g/mol. The normalized spacial score (nSPS) is 23.6. The maximum Gasteiger partial charge on any atom is 0.272 e. The maximum absolute atomic E-state index is 13.4. The van der Waals surface area contributed by atoms with Crippen molar-refractivity contribution in [3.8, 4) is 0 Å². The van der Waals surface area contributed by atoms with Crippen molar-refractivity contribution in [1.82, 2.24) is 0 Å². The Morgan fingerprint density at radius 3 is 3.00 bits per heavy atom. The fraction of sp³-hybridized carbons (Fsp3) is 0.538. The molecule has 1 aromatic rings. The largest absolute Gasteiger partial charge is 0.393 e. The van der Waals surface area contributed by atoms with E-state index in [-0.39, 0.29) is 17.7 Å². The second-order valence-electron chi connectivity index (χ2n) is 4.84. The number of aliphatic hydroxyl groups excluding tert-OH is 1. The molecule has 6 nitrogen and oxygen atoms in total. The molecule has 2 heterocycles. The first-order valence-electron chi connectivity index (χ1n) is 6.47. The highest BCUT2D eigenvalue weighted by Gasteiger charge is 2.29. The molecule has 0 radical (unpaired) electrons. The van der Waals surface area contributed by atoms with Crippen molar-refractivity contribution in [2.75, 3.05) is 11.9 Å². The van der Waals surface area contributed by atoms with Gasteiger partial charge < -0.3 is 15.2 Å². The van der Waals surface area contributed by atoms with Crippen molar-refractivity contribution < 1.29 is 29.0 Å². The third kappa shape index (κ3) is 3.23. The molecule has 1 aliphatic heterocycles. The molecule has 0 aromatic carbocycles. The average molecular weight is 285 g/mol. The molecule has 7 heteroatoms. The predicted octanol–water partition coefficient (Wildman–Crippen LogP) is 0.720. The molecular weight excluding hydrogens is 267 g/mol. The topological polar surface area (TPSA) is 82.7 Å². The molecule has 3 unspecified atom stereocenters. The molecule has 3 N–H and O–H groups in total. The number of aromatic nitrogens is 1. The highest BCUT2D eigenvalue weighted by molar-refractivity contribution is 5.94. The predicted molar refractivity (Wildman–Crippen MR) is 67.0 cm³/mol. The number of amides is 1. The Bertz CT molecular complexity index is 497. The quantitative estimate of drug-likeness (QED) is 0.562. The first-order chi connectivity index (χ1) is 9.51. The summed E-state index contributed by atoms with van der Waals surface area (Å²) in [6, 6.07) is 2.71. The van der Waals surface area contributed by atoms with Crippen molar-refractivity contribution >= 4 is 11.6 Å². The number of hydrogen-bond donors (Lipinski definition) is 3. The van der Waals surface area contributed by atoms with Gasteiger partial charge in [-0.05, 0) is 19.8 Å². The van der Waals surface area contributed by atoms with Crippen LogP contribution in [0.3, 0.4) is 0 Å². The second kappa shape index (κ2) is 6.15. The molecule has 0 bridgehead atoms. The zero-order valence-corrected chi connectivity index (χ0v) is 11.1. The Kier molecular flexibility index (Phi) is 4.51. The SMILES string of the molecule is CC1CCC(C(=O)Nc2cc[n+](O)c(C(F)CO)c2)O1. The third-order valence-corrected chi connectivity index (χ3v) is 3.24. The number of nitrogens with zero attached hydrogens (tertiary/aromatic N) is 1. The van der Waals surface area contributed by atoms with E-state index >= 15 is 0 Å². The summed E-state index contributed by atoms with van der Waals surface area (Å²) < 4.78 is 19.4. The molecular formula is C13H18FN2O4+. The summed E-state index contributed by atoms with van der Waals surface area (Å²) >= 11 is 0. The smallest absolute Gasteiger partial charge is 0.272 e. The Hall–Kier alpha value is -1.73. The summed E-state index contributed by atoms with van der Waals surface area (Å²) in [5, 5.41) is 20.8. The lowest BCUT2D eigenvalue weighted by atomic mass is 10.2. The van der Waals surface area contributed by atoms with E-state index in [1.54, 1.807) is 0 Å². The number of aliphatic hydroxyl groups is 1. The number of hydrogen-bond acceptors (Lipinski definition) is 4. The van der Waals surface area contributed by atoms with Crippen molar-refractivity contribution in [3.05, 3.63) is 24.0 Å². The van der Waals surface area contributed by atoms with Gasteiger partial charge in [-0.2, -0.15) is 0 Å². The molecule has 110 valence electrons. The lowest BCUT2D eigenvalue weighted by molar-refractivity contribution is -0.911. The van der Waals surface area contributed by atoms with Crippen LogP contribution in [-0.2, 0) is 9.53 Å². The van der Waals surface area contributed by atoms with Gasteiger partial charge in [0.2, 0.25) is 12.4 Å². The summed E-state index contributed by atoms with van der Waals surface area (Å²) in [5.41, 5.74) is 0.209. The van der Waals surface area contributed by atoms with Gasteiger partial charge in [-0.25, -0.2) is 4.39 Å². The van der Waals surface area contributed by atoms with Crippen molar-refractivity contribution in [1.29, 1.82) is 0 Å². The number of ether oxygens (including phenoxy) is 1. The highest BCUT2D eigenvalue weighted by Crippen LogP contribution is 2.21. The van der Waals surface area contributed by atoms with Crippen molar-refractivity contribution in [3.63, 3.8) is 0 Å². The molecule has 2 rings (SSSR count). The average Bonchev–Trinajstić information content (AvgIpc) is 2.87. The standard InChI is InChI=1S/C13H17FN2O4/c1-8-2-3-12(20-8)13(18)15-9-4-5-16(19)11(6-9)10(14)7-17/h4-6,8,10,12,17,19H,2-3,7H2,1H3/p+1. The Balaban J connectivity index is 2.08.